The highest BCUT2D eigenvalue weighted by atomic mass is 16.5. The highest BCUT2D eigenvalue weighted by Crippen LogP contribution is 2.10. The van der Waals surface area contributed by atoms with Crippen molar-refractivity contribution < 1.29 is 14.6 Å². The van der Waals surface area contributed by atoms with Crippen LogP contribution < -0.4 is 0 Å². The number of ether oxygens (including phenoxy) is 1. The molecule has 0 radical (unpaired) electrons. The zero-order valence-electron chi connectivity index (χ0n) is 7.67. The summed E-state index contributed by atoms with van der Waals surface area (Å²) in [5.41, 5.74) is 0.255. The zero-order valence-corrected chi connectivity index (χ0v) is 7.67. The maximum Gasteiger partial charge on any atom is 0.330 e. The van der Waals surface area contributed by atoms with E-state index in [1.54, 1.807) is 7.11 Å². The van der Waals surface area contributed by atoms with Crippen LogP contribution in [0.4, 0.5) is 0 Å². The maximum absolute atomic E-state index is 10.3. The van der Waals surface area contributed by atoms with Crippen LogP contribution in [0.5, 0.6) is 0 Å². The molecule has 0 fully saturated rings. The van der Waals surface area contributed by atoms with Gasteiger partial charge in [-0.15, -0.1) is 0 Å². The van der Waals surface area contributed by atoms with Crippen molar-refractivity contribution in [2.45, 2.75) is 32.3 Å². The molecule has 0 aliphatic heterocycles. The zero-order chi connectivity index (χ0) is 9.56. The van der Waals surface area contributed by atoms with E-state index in [1.165, 1.54) is 0 Å². The van der Waals surface area contributed by atoms with Crippen LogP contribution in [0, 0.1) is 0 Å². The van der Waals surface area contributed by atoms with Crippen LogP contribution in [0.3, 0.4) is 0 Å². The molecule has 0 heterocycles. The quantitative estimate of drug-likeness (QED) is 0.622. The van der Waals surface area contributed by atoms with E-state index >= 15 is 0 Å². The predicted molar refractivity (Wildman–Crippen MR) is 47.1 cm³/mol. The van der Waals surface area contributed by atoms with E-state index in [4.69, 9.17) is 9.84 Å². The molecule has 0 aliphatic carbocycles. The molecule has 12 heavy (non-hydrogen) atoms. The smallest absolute Gasteiger partial charge is 0.330 e. The SMILES string of the molecule is C=C(CCC(CC)OC)C(=O)O. The number of carboxylic acids is 1. The van der Waals surface area contributed by atoms with Crippen molar-refractivity contribution in [2.24, 2.45) is 0 Å². The summed E-state index contributed by atoms with van der Waals surface area (Å²) < 4.78 is 5.10. The van der Waals surface area contributed by atoms with Crippen molar-refractivity contribution in [1.82, 2.24) is 0 Å². The Morgan fingerprint density at radius 2 is 2.25 bits per heavy atom. The summed E-state index contributed by atoms with van der Waals surface area (Å²) in [6.45, 7) is 5.45. The number of aliphatic carboxylic acids is 1. The summed E-state index contributed by atoms with van der Waals surface area (Å²) in [6.07, 6.45) is 2.30. The second-order valence-electron chi connectivity index (χ2n) is 2.71. The van der Waals surface area contributed by atoms with Crippen LogP contribution in [0.2, 0.25) is 0 Å². The number of hydrogen-bond acceptors (Lipinski definition) is 2. The van der Waals surface area contributed by atoms with Crippen molar-refractivity contribution in [3.05, 3.63) is 12.2 Å². The molecule has 0 aromatic carbocycles. The molecule has 1 atom stereocenters. The average Bonchev–Trinajstić information content (AvgIpc) is 2.05. The van der Waals surface area contributed by atoms with Crippen molar-refractivity contribution in [3.8, 4) is 0 Å². The van der Waals surface area contributed by atoms with Crippen LogP contribution in [0.15, 0.2) is 12.2 Å². The molecule has 0 aromatic heterocycles. The van der Waals surface area contributed by atoms with Crippen LogP contribution >= 0.6 is 0 Å². The summed E-state index contributed by atoms with van der Waals surface area (Å²) in [4.78, 5) is 10.3. The topological polar surface area (TPSA) is 46.5 Å². The molecular formula is C9H16O3. The van der Waals surface area contributed by atoms with Gasteiger partial charge in [-0.25, -0.2) is 4.79 Å². The Bertz CT molecular complexity index is 159. The van der Waals surface area contributed by atoms with Gasteiger partial charge >= 0.3 is 5.97 Å². The Hall–Kier alpha value is -0.830. The van der Waals surface area contributed by atoms with E-state index in [-0.39, 0.29) is 11.7 Å². The molecule has 0 spiro atoms. The maximum atomic E-state index is 10.3. The lowest BCUT2D eigenvalue weighted by atomic mass is 10.1. The second-order valence-corrected chi connectivity index (χ2v) is 2.71. The molecular weight excluding hydrogens is 156 g/mol. The summed E-state index contributed by atoms with van der Waals surface area (Å²) in [7, 11) is 1.64. The first kappa shape index (κ1) is 11.2. The van der Waals surface area contributed by atoms with E-state index in [1.807, 2.05) is 6.92 Å². The number of carbonyl (C=O) groups is 1. The molecule has 0 aromatic rings. The number of carboxylic acid groups (broad SMARTS) is 1. The minimum absolute atomic E-state index is 0.154. The molecule has 0 amide bonds. The van der Waals surface area contributed by atoms with Crippen molar-refractivity contribution in [2.75, 3.05) is 7.11 Å². The van der Waals surface area contributed by atoms with E-state index in [9.17, 15) is 4.79 Å². The van der Waals surface area contributed by atoms with Crippen molar-refractivity contribution in [1.29, 1.82) is 0 Å². The van der Waals surface area contributed by atoms with Gasteiger partial charge in [-0.1, -0.05) is 13.5 Å². The molecule has 3 heteroatoms. The highest BCUT2D eigenvalue weighted by Gasteiger charge is 2.08. The lowest BCUT2D eigenvalue weighted by Crippen LogP contribution is -2.10. The monoisotopic (exact) mass is 172 g/mol. The largest absolute Gasteiger partial charge is 0.478 e. The molecule has 0 rings (SSSR count). The summed E-state index contributed by atoms with van der Waals surface area (Å²) in [6, 6.07) is 0. The third-order valence-electron chi connectivity index (χ3n) is 1.86. The predicted octanol–water partition coefficient (Wildman–Crippen LogP) is 1.83. The number of hydrogen-bond donors (Lipinski definition) is 1. The molecule has 0 saturated carbocycles. The molecule has 0 aliphatic rings. The molecule has 70 valence electrons. The third-order valence-corrected chi connectivity index (χ3v) is 1.86. The van der Waals surface area contributed by atoms with Gasteiger partial charge in [0, 0.05) is 12.7 Å². The average molecular weight is 172 g/mol. The van der Waals surface area contributed by atoms with E-state index in [0.29, 0.717) is 6.42 Å². The first-order valence-electron chi connectivity index (χ1n) is 4.05. The van der Waals surface area contributed by atoms with Crippen molar-refractivity contribution >= 4 is 5.97 Å². The van der Waals surface area contributed by atoms with Gasteiger partial charge in [-0.3, -0.25) is 0 Å². The Labute approximate surface area is 73.0 Å². The summed E-state index contributed by atoms with van der Waals surface area (Å²) >= 11 is 0. The fraction of sp³-hybridized carbons (Fsp3) is 0.667. The molecule has 0 bridgehead atoms. The summed E-state index contributed by atoms with van der Waals surface area (Å²) in [5.74, 6) is -0.916. The van der Waals surface area contributed by atoms with E-state index in [0.717, 1.165) is 12.8 Å². The first-order chi connectivity index (χ1) is 5.61. The fourth-order valence-electron chi connectivity index (χ4n) is 0.931. The Morgan fingerprint density at radius 1 is 1.67 bits per heavy atom. The van der Waals surface area contributed by atoms with Gasteiger partial charge < -0.3 is 9.84 Å². The fourth-order valence-corrected chi connectivity index (χ4v) is 0.931. The van der Waals surface area contributed by atoms with Crippen LogP contribution in [-0.2, 0) is 9.53 Å². The third kappa shape index (κ3) is 4.13. The van der Waals surface area contributed by atoms with Gasteiger partial charge in [-0.05, 0) is 19.3 Å². The number of rotatable bonds is 6. The van der Waals surface area contributed by atoms with Gasteiger partial charge in [0.2, 0.25) is 0 Å². The minimum Gasteiger partial charge on any atom is -0.478 e. The Morgan fingerprint density at radius 3 is 2.58 bits per heavy atom. The van der Waals surface area contributed by atoms with Crippen LogP contribution in [-0.4, -0.2) is 24.3 Å². The molecule has 1 N–H and O–H groups in total. The van der Waals surface area contributed by atoms with Gasteiger partial charge in [-0.2, -0.15) is 0 Å². The lowest BCUT2D eigenvalue weighted by Gasteiger charge is -2.11. The van der Waals surface area contributed by atoms with Gasteiger partial charge in [0.1, 0.15) is 0 Å². The van der Waals surface area contributed by atoms with E-state index < -0.39 is 5.97 Å². The first-order valence-corrected chi connectivity index (χ1v) is 4.05. The second kappa shape index (κ2) is 5.77. The Balaban J connectivity index is 3.66. The molecule has 1 unspecified atom stereocenters. The van der Waals surface area contributed by atoms with E-state index in [2.05, 4.69) is 6.58 Å². The van der Waals surface area contributed by atoms with Crippen LogP contribution in [0.25, 0.3) is 0 Å². The van der Waals surface area contributed by atoms with Gasteiger partial charge in [0.15, 0.2) is 0 Å². The van der Waals surface area contributed by atoms with Gasteiger partial charge in [0.25, 0.3) is 0 Å². The summed E-state index contributed by atoms with van der Waals surface area (Å²) in [5, 5.41) is 8.50. The molecule has 0 saturated heterocycles. The van der Waals surface area contributed by atoms with Crippen LogP contribution in [0.1, 0.15) is 26.2 Å². The number of methoxy groups -OCH3 is 1. The van der Waals surface area contributed by atoms with Gasteiger partial charge in [0.05, 0.1) is 6.10 Å². The minimum atomic E-state index is -0.916. The lowest BCUT2D eigenvalue weighted by molar-refractivity contribution is -0.132. The standard InChI is InChI=1S/C9H16O3/c1-4-8(12-3)6-5-7(2)9(10)11/h8H,2,4-6H2,1,3H3,(H,10,11). The van der Waals surface area contributed by atoms with Crippen molar-refractivity contribution in [3.63, 3.8) is 0 Å². The Kier molecular flexibility index (Phi) is 5.37. The highest BCUT2D eigenvalue weighted by molar-refractivity contribution is 5.85. The normalized spacial score (nSPS) is 12.5. The molecule has 3 nitrogen and oxygen atoms in total.